The van der Waals surface area contributed by atoms with E-state index in [-0.39, 0.29) is 11.8 Å². The second-order valence-electron chi connectivity index (χ2n) is 5.25. The number of halogens is 3. The molecule has 9 heteroatoms. The first-order valence-corrected chi connectivity index (χ1v) is 7.93. The van der Waals surface area contributed by atoms with Crippen molar-refractivity contribution in [2.24, 2.45) is 0 Å². The Balaban J connectivity index is 1.57. The maximum atomic E-state index is 12.3. The van der Waals surface area contributed by atoms with Crippen molar-refractivity contribution in [1.29, 1.82) is 0 Å². The van der Waals surface area contributed by atoms with E-state index >= 15 is 0 Å². The van der Waals surface area contributed by atoms with Crippen LogP contribution in [0.1, 0.15) is 12.1 Å². The van der Waals surface area contributed by atoms with E-state index in [1.165, 1.54) is 23.7 Å². The van der Waals surface area contributed by atoms with Gasteiger partial charge in [0.1, 0.15) is 5.75 Å². The minimum Gasteiger partial charge on any atom is -0.406 e. The minimum atomic E-state index is -4.67. The number of ether oxygens (including phenoxy) is 1. The van der Waals surface area contributed by atoms with Crippen LogP contribution in [-0.2, 0) is 6.54 Å². The Bertz CT molecular complexity index is 635. The molecule has 1 saturated heterocycles. The minimum absolute atomic E-state index is 0.194. The second-order valence-corrected chi connectivity index (χ2v) is 5.86. The summed E-state index contributed by atoms with van der Waals surface area (Å²) in [5.74, 6) is -0.194. The average Bonchev–Trinajstić information content (AvgIpc) is 3.15. The number of hydrogen-bond donors (Lipinski definition) is 1. The van der Waals surface area contributed by atoms with Gasteiger partial charge in [-0.3, -0.25) is 0 Å². The van der Waals surface area contributed by atoms with E-state index in [4.69, 9.17) is 0 Å². The first-order valence-electron chi connectivity index (χ1n) is 7.10. The number of alkyl halides is 3. The van der Waals surface area contributed by atoms with Gasteiger partial charge in [-0.1, -0.05) is 10.6 Å². The zero-order valence-electron chi connectivity index (χ0n) is 12.1. The molecular weight excluding hydrogens is 329 g/mol. The summed E-state index contributed by atoms with van der Waals surface area (Å²) in [6.45, 7) is 2.15. The fourth-order valence-corrected chi connectivity index (χ4v) is 3.00. The molecule has 2 aromatic rings. The van der Waals surface area contributed by atoms with E-state index in [0.717, 1.165) is 30.9 Å². The van der Waals surface area contributed by atoms with Crippen molar-refractivity contribution in [3.63, 3.8) is 0 Å². The first kappa shape index (κ1) is 16.0. The molecule has 1 fully saturated rings. The molecule has 1 atom stereocenters. The quantitative estimate of drug-likeness (QED) is 0.904. The first-order chi connectivity index (χ1) is 11.0. The van der Waals surface area contributed by atoms with Gasteiger partial charge in [0.2, 0.25) is 0 Å². The highest BCUT2D eigenvalue weighted by Crippen LogP contribution is 2.28. The summed E-state index contributed by atoms with van der Waals surface area (Å²) >= 11 is 1.31. The van der Waals surface area contributed by atoms with Crippen molar-refractivity contribution in [3.8, 4) is 5.75 Å². The number of benzene rings is 1. The lowest BCUT2D eigenvalue weighted by Gasteiger charge is -2.20. The third kappa shape index (κ3) is 4.55. The van der Waals surface area contributed by atoms with Crippen LogP contribution in [0.2, 0.25) is 0 Å². The van der Waals surface area contributed by atoms with Gasteiger partial charge in [0.25, 0.3) is 0 Å². The summed E-state index contributed by atoms with van der Waals surface area (Å²) in [5, 5.41) is 9.24. The van der Waals surface area contributed by atoms with Crippen molar-refractivity contribution in [3.05, 3.63) is 35.3 Å². The molecule has 0 spiro atoms. The van der Waals surface area contributed by atoms with Gasteiger partial charge in [0.15, 0.2) is 0 Å². The van der Waals surface area contributed by atoms with Gasteiger partial charge >= 0.3 is 6.36 Å². The van der Waals surface area contributed by atoms with Gasteiger partial charge in [0.05, 0.1) is 5.69 Å². The molecule has 23 heavy (non-hydrogen) atoms. The second kappa shape index (κ2) is 6.71. The molecule has 0 radical (unpaired) electrons. The van der Waals surface area contributed by atoms with Gasteiger partial charge < -0.3 is 15.0 Å². The SMILES string of the molecule is FC(F)(F)Oc1cccc(N2CCC(NCc3csnn3)C2)c1. The van der Waals surface area contributed by atoms with E-state index in [0.29, 0.717) is 6.54 Å². The number of nitrogens with one attached hydrogen (secondary N) is 1. The zero-order chi connectivity index (χ0) is 16.3. The Morgan fingerprint density at radius 1 is 1.39 bits per heavy atom. The molecule has 1 aromatic heterocycles. The van der Waals surface area contributed by atoms with Crippen LogP contribution < -0.4 is 15.0 Å². The van der Waals surface area contributed by atoms with E-state index in [1.807, 2.05) is 10.3 Å². The van der Waals surface area contributed by atoms with Crippen molar-refractivity contribution in [2.75, 3.05) is 18.0 Å². The van der Waals surface area contributed by atoms with Crippen LogP contribution >= 0.6 is 11.5 Å². The Labute approximate surface area is 135 Å². The molecule has 1 aromatic carbocycles. The predicted octanol–water partition coefficient (Wildman–Crippen LogP) is 2.81. The topological polar surface area (TPSA) is 50.3 Å². The third-order valence-corrected chi connectivity index (χ3v) is 4.14. The highest BCUT2D eigenvalue weighted by Gasteiger charge is 2.31. The van der Waals surface area contributed by atoms with Crippen LogP contribution in [0.15, 0.2) is 29.6 Å². The maximum Gasteiger partial charge on any atom is 0.573 e. The number of nitrogens with zero attached hydrogens (tertiary/aromatic N) is 3. The summed E-state index contributed by atoms with van der Waals surface area (Å²) < 4.78 is 44.6. The fourth-order valence-electron chi connectivity index (χ4n) is 2.55. The molecule has 124 valence electrons. The zero-order valence-corrected chi connectivity index (χ0v) is 12.9. The molecular formula is C14H15F3N4OS. The van der Waals surface area contributed by atoms with Gasteiger partial charge in [-0.15, -0.1) is 18.3 Å². The molecule has 0 bridgehead atoms. The Morgan fingerprint density at radius 3 is 3.00 bits per heavy atom. The van der Waals surface area contributed by atoms with Crippen LogP contribution in [0, 0.1) is 0 Å². The number of aromatic nitrogens is 2. The summed E-state index contributed by atoms with van der Waals surface area (Å²) in [5.41, 5.74) is 1.63. The van der Waals surface area contributed by atoms with Crippen LogP contribution in [-0.4, -0.2) is 35.1 Å². The van der Waals surface area contributed by atoms with Crippen LogP contribution in [0.25, 0.3) is 0 Å². The third-order valence-electron chi connectivity index (χ3n) is 3.58. The van der Waals surface area contributed by atoms with E-state index in [1.54, 1.807) is 12.1 Å². The van der Waals surface area contributed by atoms with Crippen molar-refractivity contribution in [2.45, 2.75) is 25.4 Å². The summed E-state index contributed by atoms with van der Waals surface area (Å²) in [4.78, 5) is 2.04. The smallest absolute Gasteiger partial charge is 0.406 e. The normalized spacial score (nSPS) is 18.4. The molecule has 1 N–H and O–H groups in total. The van der Waals surface area contributed by atoms with Crippen molar-refractivity contribution in [1.82, 2.24) is 14.9 Å². The Kier molecular flexibility index (Phi) is 4.67. The molecule has 3 rings (SSSR count). The van der Waals surface area contributed by atoms with Crippen molar-refractivity contribution >= 4 is 17.2 Å². The molecule has 1 unspecified atom stereocenters. The highest BCUT2D eigenvalue weighted by molar-refractivity contribution is 7.03. The lowest BCUT2D eigenvalue weighted by Crippen LogP contribution is -2.32. The number of hydrogen-bond acceptors (Lipinski definition) is 6. The van der Waals surface area contributed by atoms with Crippen LogP contribution in [0.4, 0.5) is 18.9 Å². The standard InChI is InChI=1S/C14H15F3N4OS/c15-14(16,17)22-13-3-1-2-12(6-13)21-5-4-10(8-21)18-7-11-9-23-20-19-11/h1-3,6,9-10,18H,4-5,7-8H2. The molecule has 0 saturated carbocycles. The predicted molar refractivity (Wildman–Crippen MR) is 80.5 cm³/mol. The molecule has 5 nitrogen and oxygen atoms in total. The summed E-state index contributed by atoms with van der Waals surface area (Å²) in [6.07, 6.45) is -3.75. The average molecular weight is 344 g/mol. The maximum absolute atomic E-state index is 12.3. The number of rotatable bonds is 5. The molecule has 1 aliphatic rings. The van der Waals surface area contributed by atoms with Crippen LogP contribution in [0.3, 0.4) is 0 Å². The van der Waals surface area contributed by atoms with Gasteiger partial charge in [-0.2, -0.15) is 0 Å². The largest absolute Gasteiger partial charge is 0.573 e. The van der Waals surface area contributed by atoms with E-state index < -0.39 is 6.36 Å². The van der Waals surface area contributed by atoms with Gasteiger partial charge in [-0.05, 0) is 30.1 Å². The van der Waals surface area contributed by atoms with E-state index in [2.05, 4.69) is 19.6 Å². The van der Waals surface area contributed by atoms with Gasteiger partial charge in [0, 0.05) is 42.8 Å². The summed E-state index contributed by atoms with van der Waals surface area (Å²) in [7, 11) is 0. The fraction of sp³-hybridized carbons (Fsp3) is 0.429. The van der Waals surface area contributed by atoms with E-state index in [9.17, 15) is 13.2 Å². The van der Waals surface area contributed by atoms with Crippen LogP contribution in [0.5, 0.6) is 5.75 Å². The molecule has 0 aliphatic carbocycles. The molecule has 0 amide bonds. The lowest BCUT2D eigenvalue weighted by atomic mass is 10.2. The highest BCUT2D eigenvalue weighted by atomic mass is 32.1. The Hall–Kier alpha value is -1.87. The molecule has 2 heterocycles. The number of anilines is 1. The monoisotopic (exact) mass is 344 g/mol. The molecule has 1 aliphatic heterocycles. The van der Waals surface area contributed by atoms with Gasteiger partial charge in [-0.25, -0.2) is 0 Å². The lowest BCUT2D eigenvalue weighted by molar-refractivity contribution is -0.274. The van der Waals surface area contributed by atoms with Crippen molar-refractivity contribution < 1.29 is 17.9 Å². The summed E-state index contributed by atoms with van der Waals surface area (Å²) in [6, 6.07) is 6.34. The Morgan fingerprint density at radius 2 is 2.26 bits per heavy atom.